The van der Waals surface area contributed by atoms with E-state index in [1.807, 2.05) is 38.0 Å². The van der Waals surface area contributed by atoms with Crippen LogP contribution in [0.25, 0.3) is 0 Å². The largest absolute Gasteiger partial charge is 0.500 e. The molecule has 0 saturated heterocycles. The van der Waals surface area contributed by atoms with E-state index < -0.39 is 8.80 Å². The highest BCUT2D eigenvalue weighted by Gasteiger charge is 2.39. The first kappa shape index (κ1) is 24.1. The van der Waals surface area contributed by atoms with Crippen molar-refractivity contribution in [3.8, 4) is 0 Å². The lowest BCUT2D eigenvalue weighted by Gasteiger charge is -2.28. The average Bonchev–Trinajstić information content (AvgIpc) is 3.02. The Morgan fingerprint density at radius 1 is 1.00 bits per heavy atom. The molecule has 0 N–H and O–H groups in total. The van der Waals surface area contributed by atoms with E-state index in [1.54, 1.807) is 11.3 Å². The minimum Gasteiger partial charge on any atom is -0.381 e. The summed E-state index contributed by atoms with van der Waals surface area (Å²) in [6, 6.07) is 0.903. The monoisotopic (exact) mass is 421 g/mol. The zero-order valence-electron chi connectivity index (χ0n) is 16.8. The topological polar surface area (TPSA) is 49.8 Å². The fourth-order valence-corrected chi connectivity index (χ4v) is 7.10. The van der Waals surface area contributed by atoms with Gasteiger partial charge in [0.1, 0.15) is 0 Å². The molecule has 0 atom stereocenters. The van der Waals surface area contributed by atoms with Crippen molar-refractivity contribution in [1.82, 2.24) is 4.98 Å². The number of thioether (sulfide) groups is 1. The van der Waals surface area contributed by atoms with Crippen LogP contribution in [-0.4, -0.2) is 58.3 Å². The summed E-state index contributed by atoms with van der Waals surface area (Å²) in [5.74, 6) is 2.24. The third-order valence-electron chi connectivity index (χ3n) is 3.76. The number of nitrogens with zero attached hydrogens (tertiary/aromatic N) is 1. The minimum atomic E-state index is -2.45. The standard InChI is InChI=1S/C18H35NO4S2Si/c1-5-21-26(22-6-2,23-7-3)15-9-14-24-13-8-11-20-12-10-18-17(4)19-16-25-18/h16H,5-15H2,1-4H3. The number of aromatic nitrogens is 1. The summed E-state index contributed by atoms with van der Waals surface area (Å²) in [4.78, 5) is 5.60. The van der Waals surface area contributed by atoms with Gasteiger partial charge in [-0.3, -0.25) is 0 Å². The normalized spacial score (nSPS) is 12.0. The van der Waals surface area contributed by atoms with Gasteiger partial charge in [0, 0.05) is 43.8 Å². The highest BCUT2D eigenvalue weighted by molar-refractivity contribution is 7.99. The van der Waals surface area contributed by atoms with Crippen molar-refractivity contribution in [2.24, 2.45) is 0 Å². The number of ether oxygens (including phenoxy) is 1. The van der Waals surface area contributed by atoms with Crippen molar-refractivity contribution in [2.75, 3.05) is 44.5 Å². The Bertz CT molecular complexity index is 445. The Labute approximate surface area is 168 Å². The summed E-state index contributed by atoms with van der Waals surface area (Å²) in [5, 5.41) is 0. The number of aryl methyl sites for hydroxylation is 1. The lowest BCUT2D eigenvalue weighted by atomic mass is 10.3. The molecule has 0 aliphatic carbocycles. The maximum atomic E-state index is 5.88. The zero-order chi connectivity index (χ0) is 19.1. The Balaban J connectivity index is 2.04. The molecule has 0 aliphatic rings. The maximum Gasteiger partial charge on any atom is 0.500 e. The molecule has 0 saturated carbocycles. The van der Waals surface area contributed by atoms with Crippen molar-refractivity contribution >= 4 is 31.9 Å². The molecule has 1 rings (SSSR count). The number of hydrogen-bond donors (Lipinski definition) is 0. The van der Waals surface area contributed by atoms with Crippen molar-refractivity contribution < 1.29 is 18.0 Å². The van der Waals surface area contributed by atoms with Crippen molar-refractivity contribution in [2.45, 2.75) is 53.0 Å². The molecule has 0 aliphatic heterocycles. The summed E-state index contributed by atoms with van der Waals surface area (Å²) in [5.41, 5.74) is 3.04. The maximum absolute atomic E-state index is 5.88. The van der Waals surface area contributed by atoms with Crippen LogP contribution in [0.3, 0.4) is 0 Å². The van der Waals surface area contributed by atoms with E-state index >= 15 is 0 Å². The van der Waals surface area contributed by atoms with Gasteiger partial charge in [0.15, 0.2) is 0 Å². The molecule has 0 radical (unpaired) electrons. The highest BCUT2D eigenvalue weighted by atomic mass is 32.2. The summed E-state index contributed by atoms with van der Waals surface area (Å²) >= 11 is 3.69. The van der Waals surface area contributed by atoms with Crippen molar-refractivity contribution in [3.63, 3.8) is 0 Å². The Kier molecular flexibility index (Phi) is 13.9. The van der Waals surface area contributed by atoms with Gasteiger partial charge >= 0.3 is 8.80 Å². The third-order valence-corrected chi connectivity index (χ3v) is 9.06. The predicted octanol–water partition coefficient (Wildman–Crippen LogP) is 4.57. The van der Waals surface area contributed by atoms with Gasteiger partial charge < -0.3 is 18.0 Å². The van der Waals surface area contributed by atoms with E-state index in [0.717, 1.165) is 55.7 Å². The van der Waals surface area contributed by atoms with Gasteiger partial charge in [-0.05, 0) is 52.0 Å². The third kappa shape index (κ3) is 9.82. The Hall–Kier alpha value is 0.0369. The van der Waals surface area contributed by atoms with Crippen LogP contribution in [0.15, 0.2) is 5.51 Å². The molecule has 1 aromatic rings. The first-order chi connectivity index (χ1) is 12.7. The Morgan fingerprint density at radius 2 is 1.65 bits per heavy atom. The molecular weight excluding hydrogens is 386 g/mol. The molecule has 1 aromatic heterocycles. The van der Waals surface area contributed by atoms with Crippen LogP contribution < -0.4 is 0 Å². The zero-order valence-corrected chi connectivity index (χ0v) is 19.4. The average molecular weight is 422 g/mol. The van der Waals surface area contributed by atoms with Gasteiger partial charge in [-0.25, -0.2) is 4.98 Å². The SMILES string of the molecule is CCO[Si](CCCSCCCOCCc1scnc1C)(OCC)OCC. The number of hydrogen-bond acceptors (Lipinski definition) is 7. The van der Waals surface area contributed by atoms with Crippen LogP contribution in [0.2, 0.25) is 6.04 Å². The predicted molar refractivity (Wildman–Crippen MR) is 113 cm³/mol. The molecule has 0 aromatic carbocycles. The highest BCUT2D eigenvalue weighted by Crippen LogP contribution is 2.20. The second-order valence-electron chi connectivity index (χ2n) is 5.77. The molecule has 0 bridgehead atoms. The van der Waals surface area contributed by atoms with Crippen LogP contribution in [0.1, 0.15) is 44.2 Å². The van der Waals surface area contributed by atoms with Crippen molar-refractivity contribution in [3.05, 3.63) is 16.1 Å². The quantitative estimate of drug-likeness (QED) is 0.271. The molecule has 26 heavy (non-hydrogen) atoms. The smallest absolute Gasteiger partial charge is 0.381 e. The number of thiazole rings is 1. The molecule has 8 heteroatoms. The lowest BCUT2D eigenvalue weighted by molar-refractivity contribution is 0.0712. The summed E-state index contributed by atoms with van der Waals surface area (Å²) < 4.78 is 23.4. The van der Waals surface area contributed by atoms with E-state index in [4.69, 9.17) is 18.0 Å². The second-order valence-corrected chi connectivity index (χ2v) is 10.7. The van der Waals surface area contributed by atoms with Gasteiger partial charge in [-0.15, -0.1) is 11.3 Å². The lowest BCUT2D eigenvalue weighted by Crippen LogP contribution is -2.46. The van der Waals surface area contributed by atoms with Gasteiger partial charge in [0.05, 0.1) is 17.8 Å². The van der Waals surface area contributed by atoms with Gasteiger partial charge in [-0.1, -0.05) is 0 Å². The first-order valence-corrected chi connectivity index (χ1v) is 13.6. The minimum absolute atomic E-state index is 0.651. The fourth-order valence-electron chi connectivity index (χ4n) is 2.59. The van der Waals surface area contributed by atoms with E-state index in [1.165, 1.54) is 4.88 Å². The van der Waals surface area contributed by atoms with Crippen molar-refractivity contribution in [1.29, 1.82) is 0 Å². The molecular formula is C18H35NO4S2Si. The fraction of sp³-hybridized carbons (Fsp3) is 0.833. The molecule has 5 nitrogen and oxygen atoms in total. The molecule has 0 amide bonds. The van der Waals surface area contributed by atoms with Crippen LogP contribution in [0.5, 0.6) is 0 Å². The van der Waals surface area contributed by atoms with Gasteiger partial charge in [0.25, 0.3) is 0 Å². The van der Waals surface area contributed by atoms with Crippen LogP contribution in [-0.2, 0) is 24.4 Å². The second kappa shape index (κ2) is 15.0. The Morgan fingerprint density at radius 3 is 2.23 bits per heavy atom. The van der Waals surface area contributed by atoms with E-state index in [0.29, 0.717) is 19.8 Å². The van der Waals surface area contributed by atoms with E-state index in [-0.39, 0.29) is 0 Å². The summed E-state index contributed by atoms with van der Waals surface area (Å²) in [7, 11) is -2.45. The van der Waals surface area contributed by atoms with Crippen LogP contribution >= 0.6 is 23.1 Å². The molecule has 0 spiro atoms. The molecule has 152 valence electrons. The van der Waals surface area contributed by atoms with Crippen LogP contribution in [0.4, 0.5) is 0 Å². The van der Waals surface area contributed by atoms with E-state index in [2.05, 4.69) is 11.9 Å². The summed E-state index contributed by atoms with van der Waals surface area (Å²) in [6.45, 7) is 11.6. The molecule has 0 fully saturated rings. The molecule has 1 heterocycles. The van der Waals surface area contributed by atoms with E-state index in [9.17, 15) is 0 Å². The summed E-state index contributed by atoms with van der Waals surface area (Å²) in [6.07, 6.45) is 3.14. The van der Waals surface area contributed by atoms with Crippen LogP contribution in [0, 0.1) is 6.92 Å². The van der Waals surface area contributed by atoms with Gasteiger partial charge in [0.2, 0.25) is 0 Å². The molecule has 0 unspecified atom stereocenters. The van der Waals surface area contributed by atoms with Gasteiger partial charge in [-0.2, -0.15) is 11.8 Å². The number of rotatable bonds is 17. The first-order valence-electron chi connectivity index (χ1n) is 9.63.